The third-order valence-electron chi connectivity index (χ3n) is 2.89. The standard InChI is InChI=1S/C13H19F/c1-4-10(2)9-11(3)12-5-7-13(14)8-6-12/h5-8,10-11H,4,9H2,1-3H3. The number of hydrogen-bond acceptors (Lipinski definition) is 0. The molecule has 0 aliphatic heterocycles. The molecule has 1 aromatic carbocycles. The van der Waals surface area contributed by atoms with Crippen molar-refractivity contribution >= 4 is 0 Å². The van der Waals surface area contributed by atoms with E-state index in [4.69, 9.17) is 0 Å². The summed E-state index contributed by atoms with van der Waals surface area (Å²) in [5.41, 5.74) is 1.24. The maximum Gasteiger partial charge on any atom is 0.123 e. The predicted octanol–water partition coefficient (Wildman–Crippen LogP) is 4.37. The number of rotatable bonds is 4. The van der Waals surface area contributed by atoms with Gasteiger partial charge in [0.05, 0.1) is 0 Å². The van der Waals surface area contributed by atoms with E-state index in [1.807, 2.05) is 12.1 Å². The van der Waals surface area contributed by atoms with Crippen molar-refractivity contribution in [3.63, 3.8) is 0 Å². The highest BCUT2D eigenvalue weighted by atomic mass is 19.1. The van der Waals surface area contributed by atoms with E-state index in [-0.39, 0.29) is 5.82 Å². The Morgan fingerprint density at radius 1 is 1.14 bits per heavy atom. The predicted molar refractivity (Wildman–Crippen MR) is 58.9 cm³/mol. The molecule has 0 aliphatic rings. The normalized spacial score (nSPS) is 15.1. The summed E-state index contributed by atoms with van der Waals surface area (Å²) in [7, 11) is 0. The topological polar surface area (TPSA) is 0 Å². The Kier molecular flexibility index (Phi) is 4.12. The SMILES string of the molecule is CCC(C)CC(C)c1ccc(F)cc1. The second-order valence-electron chi connectivity index (χ2n) is 4.20. The Hall–Kier alpha value is -0.850. The van der Waals surface area contributed by atoms with Crippen LogP contribution in [0.5, 0.6) is 0 Å². The van der Waals surface area contributed by atoms with Crippen LogP contribution in [-0.2, 0) is 0 Å². The molecule has 0 aromatic heterocycles. The third-order valence-corrected chi connectivity index (χ3v) is 2.89. The Morgan fingerprint density at radius 3 is 2.21 bits per heavy atom. The molecule has 0 radical (unpaired) electrons. The number of benzene rings is 1. The molecule has 0 saturated heterocycles. The van der Waals surface area contributed by atoms with Crippen LogP contribution < -0.4 is 0 Å². The molecule has 0 bridgehead atoms. The molecular weight excluding hydrogens is 175 g/mol. The van der Waals surface area contributed by atoms with Gasteiger partial charge in [-0.05, 0) is 36.0 Å². The van der Waals surface area contributed by atoms with Gasteiger partial charge in [-0.25, -0.2) is 4.39 Å². The third kappa shape index (κ3) is 3.13. The minimum Gasteiger partial charge on any atom is -0.207 e. The second kappa shape index (κ2) is 5.14. The van der Waals surface area contributed by atoms with E-state index < -0.39 is 0 Å². The van der Waals surface area contributed by atoms with Gasteiger partial charge in [0.2, 0.25) is 0 Å². The Labute approximate surface area is 86.2 Å². The monoisotopic (exact) mass is 194 g/mol. The van der Waals surface area contributed by atoms with Crippen LogP contribution in [0.3, 0.4) is 0 Å². The molecule has 0 amide bonds. The fraction of sp³-hybridized carbons (Fsp3) is 0.538. The molecule has 1 rings (SSSR count). The minimum absolute atomic E-state index is 0.149. The quantitative estimate of drug-likeness (QED) is 0.667. The first-order chi connectivity index (χ1) is 6.63. The molecule has 14 heavy (non-hydrogen) atoms. The lowest BCUT2D eigenvalue weighted by Crippen LogP contribution is -2.00. The van der Waals surface area contributed by atoms with Crippen LogP contribution in [0.2, 0.25) is 0 Å². The fourth-order valence-corrected chi connectivity index (χ4v) is 1.70. The summed E-state index contributed by atoms with van der Waals surface area (Å²) in [5, 5.41) is 0. The van der Waals surface area contributed by atoms with Gasteiger partial charge in [-0.15, -0.1) is 0 Å². The summed E-state index contributed by atoms with van der Waals surface area (Å²) in [4.78, 5) is 0. The molecule has 0 nitrogen and oxygen atoms in total. The molecule has 0 saturated carbocycles. The lowest BCUT2D eigenvalue weighted by atomic mass is 9.90. The van der Waals surface area contributed by atoms with Crippen LogP contribution in [0.15, 0.2) is 24.3 Å². The molecule has 0 fully saturated rings. The van der Waals surface area contributed by atoms with Crippen molar-refractivity contribution in [2.24, 2.45) is 5.92 Å². The van der Waals surface area contributed by atoms with Gasteiger partial charge in [0.25, 0.3) is 0 Å². The van der Waals surface area contributed by atoms with E-state index in [9.17, 15) is 4.39 Å². The van der Waals surface area contributed by atoms with E-state index in [1.54, 1.807) is 12.1 Å². The molecule has 0 aliphatic carbocycles. The average Bonchev–Trinajstić information content (AvgIpc) is 2.18. The first-order valence-corrected chi connectivity index (χ1v) is 5.39. The van der Waals surface area contributed by atoms with Crippen molar-refractivity contribution < 1.29 is 4.39 Å². The maximum absolute atomic E-state index is 12.7. The molecular formula is C13H19F. The van der Waals surface area contributed by atoms with Crippen LogP contribution in [0, 0.1) is 11.7 Å². The number of hydrogen-bond donors (Lipinski definition) is 0. The Bertz CT molecular complexity index is 263. The molecule has 1 aromatic rings. The first kappa shape index (κ1) is 11.2. The van der Waals surface area contributed by atoms with Gasteiger partial charge >= 0.3 is 0 Å². The smallest absolute Gasteiger partial charge is 0.123 e. The highest BCUT2D eigenvalue weighted by molar-refractivity contribution is 5.19. The van der Waals surface area contributed by atoms with Crippen molar-refractivity contribution in [1.82, 2.24) is 0 Å². The van der Waals surface area contributed by atoms with Gasteiger partial charge in [0.1, 0.15) is 5.82 Å². The summed E-state index contributed by atoms with van der Waals surface area (Å²) in [6.45, 7) is 6.68. The first-order valence-electron chi connectivity index (χ1n) is 5.39. The van der Waals surface area contributed by atoms with Crippen molar-refractivity contribution in [3.05, 3.63) is 35.6 Å². The molecule has 2 unspecified atom stereocenters. The lowest BCUT2D eigenvalue weighted by Gasteiger charge is -2.16. The van der Waals surface area contributed by atoms with Crippen LogP contribution in [0.4, 0.5) is 4.39 Å². The van der Waals surface area contributed by atoms with E-state index >= 15 is 0 Å². The summed E-state index contributed by atoms with van der Waals surface area (Å²) in [6, 6.07) is 6.87. The molecule has 2 atom stereocenters. The fourth-order valence-electron chi connectivity index (χ4n) is 1.70. The van der Waals surface area contributed by atoms with E-state index in [2.05, 4.69) is 20.8 Å². The van der Waals surface area contributed by atoms with Crippen molar-refractivity contribution in [2.75, 3.05) is 0 Å². The van der Waals surface area contributed by atoms with Gasteiger partial charge in [-0.3, -0.25) is 0 Å². The highest BCUT2D eigenvalue weighted by Crippen LogP contribution is 2.24. The highest BCUT2D eigenvalue weighted by Gasteiger charge is 2.09. The summed E-state index contributed by atoms with van der Waals surface area (Å²) in [6.07, 6.45) is 2.40. The van der Waals surface area contributed by atoms with Crippen molar-refractivity contribution in [2.45, 2.75) is 39.5 Å². The summed E-state index contributed by atoms with van der Waals surface area (Å²) < 4.78 is 12.7. The zero-order chi connectivity index (χ0) is 10.6. The van der Waals surface area contributed by atoms with Crippen LogP contribution in [-0.4, -0.2) is 0 Å². The molecule has 0 heterocycles. The van der Waals surface area contributed by atoms with Gasteiger partial charge in [-0.2, -0.15) is 0 Å². The summed E-state index contributed by atoms with van der Waals surface area (Å²) in [5.74, 6) is 1.13. The molecule has 0 N–H and O–H groups in total. The van der Waals surface area contributed by atoms with Gasteiger partial charge in [-0.1, -0.05) is 39.3 Å². The molecule has 78 valence electrons. The molecule has 0 spiro atoms. The zero-order valence-electron chi connectivity index (χ0n) is 9.26. The minimum atomic E-state index is -0.149. The van der Waals surface area contributed by atoms with Crippen molar-refractivity contribution in [3.8, 4) is 0 Å². The van der Waals surface area contributed by atoms with E-state index in [0.29, 0.717) is 5.92 Å². The Morgan fingerprint density at radius 2 is 1.71 bits per heavy atom. The summed E-state index contributed by atoms with van der Waals surface area (Å²) >= 11 is 0. The largest absolute Gasteiger partial charge is 0.207 e. The zero-order valence-corrected chi connectivity index (χ0v) is 9.26. The second-order valence-corrected chi connectivity index (χ2v) is 4.20. The molecule has 1 heteroatoms. The Balaban J connectivity index is 2.60. The van der Waals surface area contributed by atoms with E-state index in [0.717, 1.165) is 5.92 Å². The van der Waals surface area contributed by atoms with Crippen LogP contribution >= 0.6 is 0 Å². The lowest BCUT2D eigenvalue weighted by molar-refractivity contribution is 0.471. The van der Waals surface area contributed by atoms with Crippen molar-refractivity contribution in [1.29, 1.82) is 0 Å². The van der Waals surface area contributed by atoms with Gasteiger partial charge < -0.3 is 0 Å². The van der Waals surface area contributed by atoms with Crippen LogP contribution in [0.25, 0.3) is 0 Å². The van der Waals surface area contributed by atoms with E-state index in [1.165, 1.54) is 18.4 Å². The number of halogens is 1. The van der Waals surface area contributed by atoms with Gasteiger partial charge in [0, 0.05) is 0 Å². The van der Waals surface area contributed by atoms with Crippen LogP contribution in [0.1, 0.15) is 45.1 Å². The average molecular weight is 194 g/mol. The maximum atomic E-state index is 12.7. The van der Waals surface area contributed by atoms with Gasteiger partial charge in [0.15, 0.2) is 0 Å².